The minimum Gasteiger partial charge on any atom is -0.477 e. The number of aliphatic hydroxyl groups excluding tert-OH is 1. The molecule has 0 saturated carbocycles. The summed E-state index contributed by atoms with van der Waals surface area (Å²) in [6.07, 6.45) is 3.02. The fourth-order valence-electron chi connectivity index (χ4n) is 3.07. The summed E-state index contributed by atoms with van der Waals surface area (Å²) in [5.41, 5.74) is 7.44. The molecule has 1 aliphatic heterocycles. The number of carbonyl (C=O) groups is 1. The summed E-state index contributed by atoms with van der Waals surface area (Å²) in [5, 5.41) is 19.7. The first-order chi connectivity index (χ1) is 11.0. The van der Waals surface area contributed by atoms with Crippen molar-refractivity contribution >= 4 is 39.0 Å². The molecule has 4 N–H and O–H groups in total. The van der Waals surface area contributed by atoms with Crippen molar-refractivity contribution in [2.75, 3.05) is 23.7 Å². The number of carboxylic acid groups (broad SMARTS) is 1. The minimum absolute atomic E-state index is 0.163. The second-order valence-electron chi connectivity index (χ2n) is 5.94. The largest absolute Gasteiger partial charge is 0.477 e. The molecular weight excluding hydrogens is 314 g/mol. The SMILES string of the molecule is CCCc1cc(N2CCC(O)CC2)nc2sc(C(=O)O)c(N)c12. The maximum atomic E-state index is 11.3. The molecule has 0 aliphatic carbocycles. The van der Waals surface area contributed by atoms with Crippen LogP contribution in [0, 0.1) is 0 Å². The first-order valence-corrected chi connectivity index (χ1v) is 8.71. The molecule has 2 aromatic rings. The number of hydrogen-bond acceptors (Lipinski definition) is 6. The zero-order chi connectivity index (χ0) is 16.6. The molecule has 124 valence electrons. The van der Waals surface area contributed by atoms with Gasteiger partial charge >= 0.3 is 5.97 Å². The second-order valence-corrected chi connectivity index (χ2v) is 6.94. The summed E-state index contributed by atoms with van der Waals surface area (Å²) in [6.45, 7) is 3.61. The van der Waals surface area contributed by atoms with Crippen molar-refractivity contribution in [2.24, 2.45) is 0 Å². The van der Waals surface area contributed by atoms with Crippen molar-refractivity contribution in [3.63, 3.8) is 0 Å². The van der Waals surface area contributed by atoms with E-state index in [2.05, 4.69) is 16.8 Å². The van der Waals surface area contributed by atoms with Crippen molar-refractivity contribution in [3.05, 3.63) is 16.5 Å². The number of pyridine rings is 1. The van der Waals surface area contributed by atoms with Gasteiger partial charge in [-0.3, -0.25) is 0 Å². The lowest BCUT2D eigenvalue weighted by Crippen LogP contribution is -2.36. The Bertz CT molecular complexity index is 736. The van der Waals surface area contributed by atoms with Crippen molar-refractivity contribution in [2.45, 2.75) is 38.7 Å². The highest BCUT2D eigenvalue weighted by molar-refractivity contribution is 7.21. The third kappa shape index (κ3) is 2.98. The summed E-state index contributed by atoms with van der Waals surface area (Å²) in [5.74, 6) is -0.151. The van der Waals surface area contributed by atoms with Gasteiger partial charge in [0.25, 0.3) is 0 Å². The number of carboxylic acids is 1. The predicted molar refractivity (Wildman–Crippen MR) is 92.4 cm³/mol. The van der Waals surface area contributed by atoms with Crippen LogP contribution in [0.15, 0.2) is 6.07 Å². The monoisotopic (exact) mass is 335 g/mol. The molecule has 1 fully saturated rings. The molecule has 1 saturated heterocycles. The van der Waals surface area contributed by atoms with E-state index in [0.717, 1.165) is 66.9 Å². The Morgan fingerprint density at radius 3 is 2.78 bits per heavy atom. The van der Waals surface area contributed by atoms with Gasteiger partial charge in [0.05, 0.1) is 11.8 Å². The average molecular weight is 335 g/mol. The second kappa shape index (κ2) is 6.33. The number of rotatable bonds is 4. The van der Waals surface area contributed by atoms with Crippen molar-refractivity contribution in [1.29, 1.82) is 0 Å². The number of anilines is 2. The molecular formula is C16H21N3O3S. The van der Waals surface area contributed by atoms with Crippen molar-refractivity contribution < 1.29 is 15.0 Å². The maximum absolute atomic E-state index is 11.3. The van der Waals surface area contributed by atoms with Crippen LogP contribution in [0.5, 0.6) is 0 Å². The number of fused-ring (bicyclic) bond motifs is 1. The van der Waals surface area contributed by atoms with E-state index in [1.165, 1.54) is 0 Å². The Morgan fingerprint density at radius 2 is 2.17 bits per heavy atom. The molecule has 3 heterocycles. The number of nitrogens with two attached hydrogens (primary N) is 1. The Hall–Kier alpha value is -1.86. The predicted octanol–water partition coefficient (Wildman–Crippen LogP) is 2.49. The van der Waals surface area contributed by atoms with Gasteiger partial charge in [0.15, 0.2) is 0 Å². The Kier molecular flexibility index (Phi) is 4.41. The van der Waals surface area contributed by atoms with Crippen LogP contribution in [-0.4, -0.2) is 40.4 Å². The third-order valence-electron chi connectivity index (χ3n) is 4.27. The molecule has 23 heavy (non-hydrogen) atoms. The first kappa shape index (κ1) is 16.0. The number of aryl methyl sites for hydroxylation is 1. The quantitative estimate of drug-likeness (QED) is 0.794. The van der Waals surface area contributed by atoms with Gasteiger partial charge in [-0.05, 0) is 30.9 Å². The van der Waals surface area contributed by atoms with Crippen LogP contribution in [0.3, 0.4) is 0 Å². The Balaban J connectivity index is 2.08. The van der Waals surface area contributed by atoms with Crippen LogP contribution < -0.4 is 10.6 Å². The molecule has 6 nitrogen and oxygen atoms in total. The average Bonchev–Trinajstić information content (AvgIpc) is 2.86. The lowest BCUT2D eigenvalue weighted by atomic mass is 10.0. The van der Waals surface area contributed by atoms with E-state index in [-0.39, 0.29) is 11.0 Å². The number of aromatic carboxylic acids is 1. The molecule has 0 atom stereocenters. The highest BCUT2D eigenvalue weighted by atomic mass is 32.1. The van der Waals surface area contributed by atoms with Crippen LogP contribution >= 0.6 is 11.3 Å². The standard InChI is InChI=1S/C16H21N3O3S/c1-2-3-9-8-11(19-6-4-10(20)5-7-19)18-15-12(9)13(17)14(23-15)16(21)22/h8,10,20H,2-7,17H2,1H3,(H,21,22). The van der Waals surface area contributed by atoms with Crippen LogP contribution in [0.1, 0.15) is 41.4 Å². The molecule has 7 heteroatoms. The van der Waals surface area contributed by atoms with Crippen LogP contribution in [0.2, 0.25) is 0 Å². The molecule has 2 aromatic heterocycles. The van der Waals surface area contributed by atoms with Crippen LogP contribution in [-0.2, 0) is 6.42 Å². The summed E-state index contributed by atoms with van der Waals surface area (Å²) in [7, 11) is 0. The van der Waals surface area contributed by atoms with Crippen molar-refractivity contribution in [1.82, 2.24) is 4.98 Å². The molecule has 0 bridgehead atoms. The van der Waals surface area contributed by atoms with Gasteiger partial charge in [0, 0.05) is 18.5 Å². The zero-order valence-electron chi connectivity index (χ0n) is 13.1. The third-order valence-corrected chi connectivity index (χ3v) is 5.36. The fraction of sp³-hybridized carbons (Fsp3) is 0.500. The van der Waals surface area contributed by atoms with Crippen LogP contribution in [0.4, 0.5) is 11.5 Å². The molecule has 0 aromatic carbocycles. The molecule has 0 amide bonds. The molecule has 1 aliphatic rings. The van der Waals surface area contributed by atoms with E-state index in [1.54, 1.807) is 0 Å². The molecule has 0 radical (unpaired) electrons. The van der Waals surface area contributed by atoms with E-state index in [9.17, 15) is 15.0 Å². The summed E-state index contributed by atoms with van der Waals surface area (Å²) in [4.78, 5) is 19.0. The van der Waals surface area contributed by atoms with Gasteiger partial charge in [-0.2, -0.15) is 0 Å². The Labute approximate surface area is 138 Å². The van der Waals surface area contributed by atoms with Gasteiger partial charge in [-0.1, -0.05) is 13.3 Å². The van der Waals surface area contributed by atoms with Gasteiger partial charge in [-0.15, -0.1) is 11.3 Å². The summed E-state index contributed by atoms with van der Waals surface area (Å²) in [6, 6.07) is 2.03. The van der Waals surface area contributed by atoms with Crippen molar-refractivity contribution in [3.8, 4) is 0 Å². The summed E-state index contributed by atoms with van der Waals surface area (Å²) >= 11 is 1.14. The van der Waals surface area contributed by atoms with Crippen LogP contribution in [0.25, 0.3) is 10.2 Å². The highest BCUT2D eigenvalue weighted by Gasteiger charge is 2.23. The van der Waals surface area contributed by atoms with Gasteiger partial charge in [-0.25, -0.2) is 9.78 Å². The molecule has 3 rings (SSSR count). The zero-order valence-corrected chi connectivity index (χ0v) is 13.9. The van der Waals surface area contributed by atoms with E-state index >= 15 is 0 Å². The normalized spacial score (nSPS) is 16.2. The number of aliphatic hydroxyl groups is 1. The number of piperidine rings is 1. The number of nitrogen functional groups attached to an aromatic ring is 1. The van der Waals surface area contributed by atoms with E-state index in [4.69, 9.17) is 5.73 Å². The van der Waals surface area contributed by atoms with E-state index < -0.39 is 5.97 Å². The van der Waals surface area contributed by atoms with Gasteiger partial charge < -0.3 is 20.8 Å². The Morgan fingerprint density at radius 1 is 1.48 bits per heavy atom. The fourth-order valence-corrected chi connectivity index (χ4v) is 4.04. The number of nitrogens with zero attached hydrogens (tertiary/aromatic N) is 2. The summed E-state index contributed by atoms with van der Waals surface area (Å²) < 4.78 is 0. The van der Waals surface area contributed by atoms with E-state index in [1.807, 2.05) is 6.07 Å². The topological polar surface area (TPSA) is 99.7 Å². The first-order valence-electron chi connectivity index (χ1n) is 7.89. The lowest BCUT2D eigenvalue weighted by Gasteiger charge is -2.30. The van der Waals surface area contributed by atoms with E-state index in [0.29, 0.717) is 10.5 Å². The van der Waals surface area contributed by atoms with Gasteiger partial charge in [0.1, 0.15) is 15.5 Å². The lowest BCUT2D eigenvalue weighted by molar-refractivity contribution is 0.0703. The smallest absolute Gasteiger partial charge is 0.348 e. The number of aromatic nitrogens is 1. The van der Waals surface area contributed by atoms with Gasteiger partial charge in [0.2, 0.25) is 0 Å². The molecule has 0 unspecified atom stereocenters. The number of hydrogen-bond donors (Lipinski definition) is 3. The minimum atomic E-state index is -1.00. The number of thiophene rings is 1. The maximum Gasteiger partial charge on any atom is 0.348 e. The molecule has 0 spiro atoms. The highest BCUT2D eigenvalue weighted by Crippen LogP contribution is 2.37.